The summed E-state index contributed by atoms with van der Waals surface area (Å²) in [4.78, 5) is 25.3. The van der Waals surface area contributed by atoms with Crippen molar-refractivity contribution >= 4 is 18.9 Å². The van der Waals surface area contributed by atoms with E-state index < -0.39 is 31.7 Å². The van der Waals surface area contributed by atoms with Crippen LogP contribution in [0.1, 0.15) is 25.7 Å². The number of alkyl halides is 3. The molecular formula is C12H21BF3N3O4. The Morgan fingerprint density at radius 2 is 2.00 bits per heavy atom. The molecule has 2 amide bonds. The first kappa shape index (κ1) is 19.7. The second kappa shape index (κ2) is 9.09. The number of halogens is 3. The minimum Gasteiger partial charge on any atom is -0.426 e. The summed E-state index contributed by atoms with van der Waals surface area (Å²) in [6.07, 6.45) is -4.46. The SMILES string of the molecule is O=C(NCB(O)O)C1CCCN1C(=O)CNCCCC(F)(F)F. The molecule has 0 aromatic rings. The molecule has 1 aliphatic heterocycles. The van der Waals surface area contributed by atoms with Crippen molar-refractivity contribution in [2.24, 2.45) is 0 Å². The van der Waals surface area contributed by atoms with Gasteiger partial charge in [0.15, 0.2) is 0 Å². The highest BCUT2D eigenvalue weighted by Gasteiger charge is 2.34. The molecule has 1 saturated heterocycles. The van der Waals surface area contributed by atoms with Crippen LogP contribution in [0.15, 0.2) is 0 Å². The largest absolute Gasteiger partial charge is 0.472 e. The zero-order chi connectivity index (χ0) is 17.5. The van der Waals surface area contributed by atoms with Crippen molar-refractivity contribution < 1.29 is 32.8 Å². The standard InChI is InChI=1S/C12H21BF3N3O4/c14-12(15,16)4-2-5-17-7-10(20)19-6-1-3-9(19)11(21)18-8-13(22)23/h9,17,22-23H,1-8H2,(H,18,21). The number of hydrogen-bond donors (Lipinski definition) is 4. The molecule has 7 nitrogen and oxygen atoms in total. The van der Waals surface area contributed by atoms with E-state index in [-0.39, 0.29) is 31.9 Å². The second-order valence-corrected chi connectivity index (χ2v) is 5.37. The minimum atomic E-state index is -4.21. The van der Waals surface area contributed by atoms with Gasteiger partial charge >= 0.3 is 13.3 Å². The fraction of sp³-hybridized carbons (Fsp3) is 0.833. The third kappa shape index (κ3) is 7.66. The summed E-state index contributed by atoms with van der Waals surface area (Å²) >= 11 is 0. The van der Waals surface area contributed by atoms with Crippen LogP contribution in [-0.4, -0.2) is 72.2 Å². The second-order valence-electron chi connectivity index (χ2n) is 5.37. The predicted molar refractivity (Wildman–Crippen MR) is 76.1 cm³/mol. The summed E-state index contributed by atoms with van der Waals surface area (Å²) in [5.74, 6) is -0.833. The average molecular weight is 339 g/mol. The number of carbonyl (C=O) groups is 2. The summed E-state index contributed by atoms with van der Waals surface area (Å²) in [5.41, 5.74) is 0. The fourth-order valence-electron chi connectivity index (χ4n) is 2.36. The lowest BCUT2D eigenvalue weighted by Crippen LogP contribution is -2.50. The molecule has 132 valence electrons. The van der Waals surface area contributed by atoms with E-state index in [2.05, 4.69) is 10.6 Å². The fourth-order valence-corrected chi connectivity index (χ4v) is 2.36. The number of nitrogens with one attached hydrogen (secondary N) is 2. The molecule has 1 heterocycles. The molecule has 1 aliphatic rings. The number of carbonyl (C=O) groups excluding carboxylic acids is 2. The van der Waals surface area contributed by atoms with Crippen molar-refractivity contribution in [3.05, 3.63) is 0 Å². The molecule has 1 rings (SSSR count). The van der Waals surface area contributed by atoms with Crippen LogP contribution in [0.5, 0.6) is 0 Å². The zero-order valence-electron chi connectivity index (χ0n) is 12.6. The van der Waals surface area contributed by atoms with E-state index in [0.29, 0.717) is 19.4 Å². The Morgan fingerprint density at radius 3 is 2.61 bits per heavy atom. The smallest absolute Gasteiger partial charge is 0.426 e. The van der Waals surface area contributed by atoms with Crippen LogP contribution in [0, 0.1) is 0 Å². The number of amides is 2. The first-order chi connectivity index (χ1) is 10.7. The lowest BCUT2D eigenvalue weighted by molar-refractivity contribution is -0.138. The molecule has 0 radical (unpaired) electrons. The Hall–Kier alpha value is -1.33. The van der Waals surface area contributed by atoms with Crippen molar-refractivity contribution in [2.45, 2.75) is 37.9 Å². The summed E-state index contributed by atoms with van der Waals surface area (Å²) in [5, 5.41) is 22.4. The zero-order valence-corrected chi connectivity index (χ0v) is 12.6. The van der Waals surface area contributed by atoms with Gasteiger partial charge in [-0.25, -0.2) is 0 Å². The Bertz CT molecular complexity index is 410. The monoisotopic (exact) mass is 339 g/mol. The lowest BCUT2D eigenvalue weighted by atomic mass is 9.92. The first-order valence-electron chi connectivity index (χ1n) is 7.41. The van der Waals surface area contributed by atoms with Crippen molar-refractivity contribution in [2.75, 3.05) is 26.1 Å². The van der Waals surface area contributed by atoms with Gasteiger partial charge in [0.1, 0.15) is 6.04 Å². The van der Waals surface area contributed by atoms with E-state index in [9.17, 15) is 22.8 Å². The average Bonchev–Trinajstić information content (AvgIpc) is 2.92. The van der Waals surface area contributed by atoms with Crippen LogP contribution in [0.4, 0.5) is 13.2 Å². The van der Waals surface area contributed by atoms with Gasteiger partial charge in [-0.3, -0.25) is 9.59 Å². The van der Waals surface area contributed by atoms with E-state index in [1.807, 2.05) is 0 Å². The molecule has 4 N–H and O–H groups in total. The maximum atomic E-state index is 12.0. The number of hydrogen-bond acceptors (Lipinski definition) is 5. The molecule has 1 atom stereocenters. The van der Waals surface area contributed by atoms with Crippen LogP contribution in [0.3, 0.4) is 0 Å². The summed E-state index contributed by atoms with van der Waals surface area (Å²) in [6.45, 7) is 0.319. The maximum Gasteiger partial charge on any atom is 0.472 e. The lowest BCUT2D eigenvalue weighted by Gasteiger charge is -2.24. The molecule has 0 aromatic carbocycles. The minimum absolute atomic E-state index is 0.0622. The van der Waals surface area contributed by atoms with Crippen molar-refractivity contribution in [3.63, 3.8) is 0 Å². The maximum absolute atomic E-state index is 12.0. The van der Waals surface area contributed by atoms with Crippen LogP contribution >= 0.6 is 0 Å². The van der Waals surface area contributed by atoms with E-state index in [4.69, 9.17) is 10.0 Å². The molecule has 1 fully saturated rings. The van der Waals surface area contributed by atoms with E-state index in [1.54, 1.807) is 0 Å². The molecule has 0 aromatic heterocycles. The van der Waals surface area contributed by atoms with Crippen LogP contribution in [-0.2, 0) is 9.59 Å². The molecule has 0 aliphatic carbocycles. The summed E-state index contributed by atoms with van der Waals surface area (Å²) in [7, 11) is -1.67. The normalized spacial score (nSPS) is 18.1. The predicted octanol–water partition coefficient (Wildman–Crippen LogP) is -0.962. The molecule has 0 bridgehead atoms. The molecule has 23 heavy (non-hydrogen) atoms. The van der Waals surface area contributed by atoms with Gasteiger partial charge in [-0.15, -0.1) is 0 Å². The van der Waals surface area contributed by atoms with Gasteiger partial charge in [0, 0.05) is 13.0 Å². The third-order valence-electron chi connectivity index (χ3n) is 3.42. The van der Waals surface area contributed by atoms with Crippen molar-refractivity contribution in [3.8, 4) is 0 Å². The van der Waals surface area contributed by atoms with Crippen molar-refractivity contribution in [1.29, 1.82) is 0 Å². The molecular weight excluding hydrogens is 318 g/mol. The Morgan fingerprint density at radius 1 is 1.30 bits per heavy atom. The quantitative estimate of drug-likeness (QED) is 0.337. The third-order valence-corrected chi connectivity index (χ3v) is 3.42. The van der Waals surface area contributed by atoms with E-state index in [1.165, 1.54) is 4.90 Å². The Labute approximate surface area is 132 Å². The molecule has 0 saturated carbocycles. The number of likely N-dealkylation sites (tertiary alicyclic amines) is 1. The highest BCUT2D eigenvalue weighted by atomic mass is 19.4. The van der Waals surface area contributed by atoms with E-state index >= 15 is 0 Å². The van der Waals surface area contributed by atoms with Crippen LogP contribution in [0.25, 0.3) is 0 Å². The van der Waals surface area contributed by atoms with Gasteiger partial charge in [-0.2, -0.15) is 13.2 Å². The van der Waals surface area contributed by atoms with Gasteiger partial charge in [0.25, 0.3) is 0 Å². The molecule has 11 heteroatoms. The van der Waals surface area contributed by atoms with Gasteiger partial charge in [-0.1, -0.05) is 0 Å². The number of nitrogens with zero attached hydrogens (tertiary/aromatic N) is 1. The Balaban J connectivity index is 2.32. The van der Waals surface area contributed by atoms with Gasteiger partial charge in [0.05, 0.1) is 13.0 Å². The van der Waals surface area contributed by atoms with E-state index in [0.717, 1.165) is 0 Å². The van der Waals surface area contributed by atoms with Gasteiger partial charge in [0.2, 0.25) is 11.8 Å². The van der Waals surface area contributed by atoms with Crippen LogP contribution < -0.4 is 10.6 Å². The summed E-state index contributed by atoms with van der Waals surface area (Å²) in [6, 6.07) is -0.682. The Kier molecular flexibility index (Phi) is 7.79. The highest BCUT2D eigenvalue weighted by molar-refractivity contribution is 6.41. The molecule has 0 spiro atoms. The summed E-state index contributed by atoms with van der Waals surface area (Å²) < 4.78 is 35.9. The first-order valence-corrected chi connectivity index (χ1v) is 7.41. The van der Waals surface area contributed by atoms with Crippen LogP contribution in [0.2, 0.25) is 0 Å². The van der Waals surface area contributed by atoms with Crippen molar-refractivity contribution in [1.82, 2.24) is 15.5 Å². The highest BCUT2D eigenvalue weighted by Crippen LogP contribution is 2.20. The molecule has 1 unspecified atom stereocenters. The number of rotatable bonds is 8. The van der Waals surface area contributed by atoms with Gasteiger partial charge in [-0.05, 0) is 25.8 Å². The van der Waals surface area contributed by atoms with Gasteiger partial charge < -0.3 is 25.6 Å². The topological polar surface area (TPSA) is 102 Å².